The third-order valence-electron chi connectivity index (χ3n) is 8.73. The number of hydrogen-bond donors (Lipinski definition) is 0. The van der Waals surface area contributed by atoms with Crippen molar-refractivity contribution in [1.82, 2.24) is 24.5 Å². The number of rotatable bonds is 4. The molecule has 47 heavy (non-hydrogen) atoms. The van der Waals surface area contributed by atoms with Gasteiger partial charge in [-0.25, -0.2) is 9.97 Å². The van der Waals surface area contributed by atoms with Crippen LogP contribution in [-0.4, -0.2) is 24.5 Å². The molecule has 6 nitrogen and oxygen atoms in total. The molecule has 0 N–H and O–H groups in total. The van der Waals surface area contributed by atoms with Gasteiger partial charge in [-0.15, -0.1) is 11.3 Å². The van der Waals surface area contributed by atoms with E-state index in [1.165, 1.54) is 0 Å². The zero-order valence-corrected chi connectivity index (χ0v) is 25.6. The molecule has 0 radical (unpaired) electrons. The van der Waals surface area contributed by atoms with Gasteiger partial charge in [0, 0.05) is 32.7 Å². The summed E-state index contributed by atoms with van der Waals surface area (Å²) in [6, 6.07) is 47.5. The maximum Gasteiger partial charge on any atom is 0.238 e. The van der Waals surface area contributed by atoms with E-state index in [1.807, 2.05) is 60.7 Å². The third kappa shape index (κ3) is 4.03. The second-order valence-electron chi connectivity index (χ2n) is 11.5. The summed E-state index contributed by atoms with van der Waals surface area (Å²) in [5, 5.41) is 5.32. The molecule has 4 aromatic heterocycles. The third-order valence-corrected chi connectivity index (χ3v) is 9.88. The molecular formula is C40H23N5OS. The highest BCUT2D eigenvalue weighted by Gasteiger charge is 2.21. The number of thiazole rings is 1. The van der Waals surface area contributed by atoms with Gasteiger partial charge >= 0.3 is 0 Å². The van der Waals surface area contributed by atoms with E-state index in [9.17, 15) is 0 Å². The second kappa shape index (κ2) is 10.2. The zero-order valence-electron chi connectivity index (χ0n) is 24.8. The van der Waals surface area contributed by atoms with E-state index in [2.05, 4.69) is 83.4 Å². The Bertz CT molecular complexity index is 2760. The molecule has 0 saturated carbocycles. The maximum atomic E-state index is 6.46. The van der Waals surface area contributed by atoms with Crippen LogP contribution in [0.15, 0.2) is 144 Å². The van der Waals surface area contributed by atoms with E-state index >= 15 is 0 Å². The van der Waals surface area contributed by atoms with Gasteiger partial charge in [0.2, 0.25) is 5.95 Å². The predicted octanol–water partition coefficient (Wildman–Crippen LogP) is 10.5. The Kier molecular flexibility index (Phi) is 5.64. The minimum absolute atomic E-state index is 0.542. The standard InChI is InChI=1S/C40H23N5OS/c1-2-12-24(13-3-1)39-41-31-20-11-19-30(36(31)47-39)38-42-37(29-18-10-17-28-27-16-6-9-23-34(27)46-35(28)29)43-40(44-38)45-32-21-7-4-14-25(32)26-15-5-8-22-33(26)45/h1-23H. The van der Waals surface area contributed by atoms with Gasteiger partial charge in [0.1, 0.15) is 16.2 Å². The lowest BCUT2D eigenvalue weighted by molar-refractivity contribution is 0.669. The summed E-state index contributed by atoms with van der Waals surface area (Å²) < 4.78 is 9.63. The van der Waals surface area contributed by atoms with Crippen LogP contribution >= 0.6 is 11.3 Å². The van der Waals surface area contributed by atoms with Gasteiger partial charge in [-0.3, -0.25) is 4.57 Å². The lowest BCUT2D eigenvalue weighted by atomic mass is 10.1. The van der Waals surface area contributed by atoms with Crippen molar-refractivity contribution in [2.24, 2.45) is 0 Å². The molecule has 0 fully saturated rings. The van der Waals surface area contributed by atoms with Crippen LogP contribution in [-0.2, 0) is 0 Å². The van der Waals surface area contributed by atoms with Gasteiger partial charge in [0.15, 0.2) is 11.6 Å². The summed E-state index contributed by atoms with van der Waals surface area (Å²) in [5.74, 6) is 1.66. The van der Waals surface area contributed by atoms with Gasteiger partial charge in [0.25, 0.3) is 0 Å². The topological polar surface area (TPSA) is 69.6 Å². The van der Waals surface area contributed by atoms with E-state index < -0.39 is 0 Å². The Hall–Kier alpha value is -6.18. The quantitative estimate of drug-likeness (QED) is 0.196. The molecular weight excluding hydrogens is 599 g/mol. The highest BCUT2D eigenvalue weighted by Crippen LogP contribution is 2.39. The normalized spacial score (nSPS) is 11.8. The molecule has 0 aliphatic carbocycles. The first-order valence-corrected chi connectivity index (χ1v) is 16.2. The van der Waals surface area contributed by atoms with Crippen LogP contribution in [0.25, 0.3) is 93.3 Å². The summed E-state index contributed by atoms with van der Waals surface area (Å²) in [6.45, 7) is 0. The molecule has 7 heteroatoms. The molecule has 0 aliphatic rings. The van der Waals surface area contributed by atoms with Crippen LogP contribution in [0.1, 0.15) is 0 Å². The zero-order chi connectivity index (χ0) is 30.9. The van der Waals surface area contributed by atoms with Crippen LogP contribution in [0.4, 0.5) is 0 Å². The van der Waals surface area contributed by atoms with Crippen LogP contribution in [0.3, 0.4) is 0 Å². The summed E-state index contributed by atoms with van der Waals surface area (Å²) >= 11 is 1.65. The van der Waals surface area contributed by atoms with Crippen molar-refractivity contribution in [3.8, 4) is 39.3 Å². The Morgan fingerprint density at radius 3 is 1.89 bits per heavy atom. The molecule has 0 unspecified atom stereocenters. The summed E-state index contributed by atoms with van der Waals surface area (Å²) in [6.07, 6.45) is 0. The van der Waals surface area contributed by atoms with Gasteiger partial charge in [0.05, 0.1) is 26.8 Å². The largest absolute Gasteiger partial charge is 0.455 e. The van der Waals surface area contributed by atoms with Crippen molar-refractivity contribution in [2.45, 2.75) is 0 Å². The SMILES string of the molecule is c1ccc(-c2nc3cccc(-c4nc(-c5cccc6c5oc5ccccc56)nc(-n5c6ccccc6c6ccccc65)n4)c3s2)cc1. The van der Waals surface area contributed by atoms with Crippen LogP contribution in [0, 0.1) is 0 Å². The first kappa shape index (κ1) is 26.1. The number of para-hydroxylation sites is 4. The smallest absolute Gasteiger partial charge is 0.238 e. The molecule has 0 atom stereocenters. The van der Waals surface area contributed by atoms with Crippen molar-refractivity contribution in [1.29, 1.82) is 0 Å². The molecule has 10 rings (SSSR count). The lowest BCUT2D eigenvalue weighted by Gasteiger charge is -2.11. The van der Waals surface area contributed by atoms with Crippen LogP contribution in [0.2, 0.25) is 0 Å². The van der Waals surface area contributed by atoms with E-state index in [0.29, 0.717) is 17.6 Å². The summed E-state index contributed by atoms with van der Waals surface area (Å²) in [7, 11) is 0. The average Bonchev–Trinajstić information content (AvgIpc) is 3.84. The molecule has 4 heterocycles. The minimum atomic E-state index is 0.542. The van der Waals surface area contributed by atoms with Crippen molar-refractivity contribution in [2.75, 3.05) is 0 Å². The van der Waals surface area contributed by atoms with E-state index in [0.717, 1.165) is 75.7 Å². The van der Waals surface area contributed by atoms with Gasteiger partial charge in [-0.05, 0) is 36.4 Å². The average molecular weight is 622 g/mol. The number of aromatic nitrogens is 5. The summed E-state index contributed by atoms with van der Waals surface area (Å²) in [4.78, 5) is 20.6. The number of benzene rings is 6. The molecule has 0 aliphatic heterocycles. The van der Waals surface area contributed by atoms with E-state index in [-0.39, 0.29) is 0 Å². The highest BCUT2D eigenvalue weighted by atomic mass is 32.1. The molecule has 0 bridgehead atoms. The van der Waals surface area contributed by atoms with Crippen molar-refractivity contribution >= 4 is 65.3 Å². The van der Waals surface area contributed by atoms with Crippen LogP contribution < -0.4 is 0 Å². The van der Waals surface area contributed by atoms with E-state index in [1.54, 1.807) is 11.3 Å². The Morgan fingerprint density at radius 1 is 0.489 bits per heavy atom. The molecule has 0 spiro atoms. The lowest BCUT2D eigenvalue weighted by Crippen LogP contribution is -2.06. The number of furan rings is 1. The Labute approximate surface area is 272 Å². The van der Waals surface area contributed by atoms with Crippen LogP contribution in [0.5, 0.6) is 0 Å². The first-order valence-electron chi connectivity index (χ1n) is 15.4. The molecule has 0 saturated heterocycles. The van der Waals surface area contributed by atoms with Gasteiger partial charge in [-0.1, -0.05) is 103 Å². The monoisotopic (exact) mass is 621 g/mol. The summed E-state index contributed by atoms with van der Waals surface area (Å²) in [5.41, 5.74) is 7.35. The maximum absolute atomic E-state index is 6.46. The van der Waals surface area contributed by atoms with Crippen molar-refractivity contribution in [3.05, 3.63) is 140 Å². The van der Waals surface area contributed by atoms with Crippen molar-refractivity contribution in [3.63, 3.8) is 0 Å². The number of hydrogen-bond acceptors (Lipinski definition) is 6. The fraction of sp³-hybridized carbons (Fsp3) is 0. The fourth-order valence-electron chi connectivity index (χ4n) is 6.60. The Balaban J connectivity index is 1.28. The molecule has 6 aromatic carbocycles. The number of fused-ring (bicyclic) bond motifs is 7. The highest BCUT2D eigenvalue weighted by molar-refractivity contribution is 7.22. The number of nitrogens with zero attached hydrogens (tertiary/aromatic N) is 5. The molecule has 0 amide bonds. The minimum Gasteiger partial charge on any atom is -0.455 e. The Morgan fingerprint density at radius 2 is 1.11 bits per heavy atom. The van der Waals surface area contributed by atoms with Crippen molar-refractivity contribution < 1.29 is 4.42 Å². The van der Waals surface area contributed by atoms with E-state index in [4.69, 9.17) is 24.4 Å². The van der Waals surface area contributed by atoms with Gasteiger partial charge < -0.3 is 4.42 Å². The fourth-order valence-corrected chi connectivity index (χ4v) is 7.68. The predicted molar refractivity (Wildman–Crippen MR) is 191 cm³/mol. The molecule has 10 aromatic rings. The second-order valence-corrected chi connectivity index (χ2v) is 12.5. The van der Waals surface area contributed by atoms with Gasteiger partial charge in [-0.2, -0.15) is 9.97 Å². The first-order chi connectivity index (χ1) is 23.3. The molecule has 220 valence electrons.